The van der Waals surface area contributed by atoms with Crippen LogP contribution in [0.25, 0.3) is 11.0 Å². The van der Waals surface area contributed by atoms with Gasteiger partial charge in [0.2, 0.25) is 0 Å². The van der Waals surface area contributed by atoms with Crippen LogP contribution in [0.2, 0.25) is 0 Å². The number of aliphatic hydroxyl groups is 2. The van der Waals surface area contributed by atoms with Crippen molar-refractivity contribution in [2.24, 2.45) is 28.6 Å². The second-order valence-electron chi connectivity index (χ2n) is 12.4. The number of carbonyl (C=O) groups is 2. The maximum absolute atomic E-state index is 13.7. The van der Waals surface area contributed by atoms with Crippen molar-refractivity contribution in [1.82, 2.24) is 9.97 Å². The number of ketones is 2. The number of carbonyl (C=O) groups excluding carboxylic acids is 2. The highest BCUT2D eigenvalue weighted by atomic mass is 32.2. The summed E-state index contributed by atoms with van der Waals surface area (Å²) >= 11 is 1.29. The fourth-order valence-corrected chi connectivity index (χ4v) is 9.49. The van der Waals surface area contributed by atoms with Crippen LogP contribution in [0.3, 0.4) is 0 Å². The molecule has 5 aliphatic rings. The van der Waals surface area contributed by atoms with Gasteiger partial charge in [-0.15, -0.1) is 0 Å². The van der Waals surface area contributed by atoms with E-state index in [4.69, 9.17) is 9.47 Å². The van der Waals surface area contributed by atoms with Gasteiger partial charge in [0.15, 0.2) is 28.2 Å². The number of hydrogen-bond donors (Lipinski definition) is 3. The lowest BCUT2D eigenvalue weighted by atomic mass is 9.46. The van der Waals surface area contributed by atoms with E-state index < -0.39 is 17.1 Å². The van der Waals surface area contributed by atoms with Crippen LogP contribution in [0.5, 0.6) is 11.5 Å². The zero-order valence-corrected chi connectivity index (χ0v) is 23.1. The predicted molar refractivity (Wildman–Crippen MR) is 146 cm³/mol. The number of fused-ring (bicyclic) bond motifs is 7. The topological polar surface area (TPSA) is 122 Å². The molecule has 6 unspecified atom stereocenters. The van der Waals surface area contributed by atoms with Crippen LogP contribution in [0.1, 0.15) is 46.0 Å². The molecular formula is C30H34N2O6S. The Morgan fingerprint density at radius 2 is 1.97 bits per heavy atom. The minimum atomic E-state index is -1.50. The Labute approximate surface area is 231 Å². The number of ether oxygens (including phenoxy) is 2. The van der Waals surface area contributed by atoms with Crippen LogP contribution in [0.15, 0.2) is 41.1 Å². The van der Waals surface area contributed by atoms with Gasteiger partial charge in [0.05, 0.1) is 22.9 Å². The molecule has 1 aromatic heterocycles. The van der Waals surface area contributed by atoms with Crippen molar-refractivity contribution in [2.75, 3.05) is 19.0 Å². The van der Waals surface area contributed by atoms with Gasteiger partial charge >= 0.3 is 0 Å². The summed E-state index contributed by atoms with van der Waals surface area (Å²) < 4.78 is 11.3. The molecule has 1 aromatic carbocycles. The first-order valence-corrected chi connectivity index (χ1v) is 14.9. The molecule has 7 atom stereocenters. The van der Waals surface area contributed by atoms with Crippen molar-refractivity contribution in [3.05, 3.63) is 35.9 Å². The van der Waals surface area contributed by atoms with Gasteiger partial charge in [-0.05, 0) is 56.1 Å². The summed E-state index contributed by atoms with van der Waals surface area (Å²) in [7, 11) is 0. The third-order valence-electron chi connectivity index (χ3n) is 10.6. The highest BCUT2D eigenvalue weighted by Crippen LogP contribution is 2.67. The molecule has 9 heteroatoms. The Morgan fingerprint density at radius 1 is 1.21 bits per heavy atom. The average Bonchev–Trinajstić information content (AvgIpc) is 3.43. The average molecular weight is 551 g/mol. The van der Waals surface area contributed by atoms with Crippen molar-refractivity contribution in [1.29, 1.82) is 0 Å². The summed E-state index contributed by atoms with van der Waals surface area (Å²) in [5.74, 6) is 1.52. The third kappa shape index (κ3) is 3.62. The predicted octanol–water partition coefficient (Wildman–Crippen LogP) is 4.01. The Morgan fingerprint density at radius 3 is 2.77 bits per heavy atom. The van der Waals surface area contributed by atoms with Crippen LogP contribution < -0.4 is 9.47 Å². The second-order valence-corrected chi connectivity index (χ2v) is 13.3. The highest BCUT2D eigenvalue weighted by molar-refractivity contribution is 7.99. The number of imidazole rings is 1. The van der Waals surface area contributed by atoms with Gasteiger partial charge in [0.25, 0.3) is 0 Å². The fraction of sp³-hybridized carbons (Fsp3) is 0.567. The monoisotopic (exact) mass is 550 g/mol. The molecule has 1 aliphatic heterocycles. The molecule has 3 fully saturated rings. The van der Waals surface area contributed by atoms with E-state index in [1.54, 1.807) is 12.2 Å². The molecule has 3 N–H and O–H groups in total. The summed E-state index contributed by atoms with van der Waals surface area (Å²) in [6, 6.07) is 3.70. The Bertz CT molecular complexity index is 1410. The minimum Gasteiger partial charge on any atom is -0.486 e. The third-order valence-corrected chi connectivity index (χ3v) is 11.4. The Kier molecular flexibility index (Phi) is 5.65. The van der Waals surface area contributed by atoms with E-state index in [9.17, 15) is 19.8 Å². The summed E-state index contributed by atoms with van der Waals surface area (Å²) in [5.41, 5.74) is 0.0656. The maximum atomic E-state index is 13.7. The van der Waals surface area contributed by atoms with Crippen LogP contribution in [-0.2, 0) is 9.59 Å². The first kappa shape index (κ1) is 25.4. The largest absolute Gasteiger partial charge is 0.486 e. The zero-order chi connectivity index (χ0) is 27.2. The van der Waals surface area contributed by atoms with Gasteiger partial charge in [-0.25, -0.2) is 4.98 Å². The standard InChI is InChI=1S/C30H34N2O6S/c1-28-7-5-17(33)11-16(28)3-4-18-19-6-8-30(36,29(19,2)14-22(34)26(18)28)25(35)15-39-27-31-20-12-23-24(13-21(20)32-27)38-10-9-37-23/h5,7,11-13,18-19,22,26,34,36H,3-4,6,8-10,14-15H2,1-2H3,(H,31,32)/t18?,19?,22?,26?,28?,29?,30-/m0/s1. The second kappa shape index (κ2) is 8.69. The van der Waals surface area contributed by atoms with E-state index in [1.807, 2.05) is 25.1 Å². The lowest BCUT2D eigenvalue weighted by molar-refractivity contribution is -0.174. The van der Waals surface area contributed by atoms with Gasteiger partial charge in [0, 0.05) is 28.9 Å². The number of rotatable bonds is 4. The zero-order valence-electron chi connectivity index (χ0n) is 22.2. The lowest BCUT2D eigenvalue weighted by Crippen LogP contribution is -2.61. The number of thioether (sulfide) groups is 1. The molecule has 206 valence electrons. The number of hydrogen-bond acceptors (Lipinski definition) is 8. The summed E-state index contributed by atoms with van der Waals surface area (Å²) in [5, 5.41) is 24.2. The quantitative estimate of drug-likeness (QED) is 0.489. The molecule has 4 aliphatic carbocycles. The van der Waals surface area contributed by atoms with Crippen molar-refractivity contribution >= 4 is 34.4 Å². The molecule has 2 heterocycles. The molecule has 0 amide bonds. The first-order chi connectivity index (χ1) is 18.6. The van der Waals surface area contributed by atoms with E-state index in [-0.39, 0.29) is 40.5 Å². The Hall–Kier alpha value is -2.62. The number of benzene rings is 1. The number of nitrogens with one attached hydrogen (secondary N) is 1. The normalized spacial score (nSPS) is 38.7. The fourth-order valence-electron chi connectivity index (χ4n) is 8.63. The van der Waals surface area contributed by atoms with Crippen molar-refractivity contribution < 1.29 is 29.3 Å². The Balaban J connectivity index is 1.11. The molecule has 2 aromatic rings. The van der Waals surface area contributed by atoms with Gasteiger partial charge in [-0.1, -0.05) is 37.3 Å². The lowest BCUT2D eigenvalue weighted by Gasteiger charge is -2.59. The van der Waals surface area contributed by atoms with Gasteiger partial charge in [-0.2, -0.15) is 0 Å². The molecule has 3 saturated carbocycles. The number of aliphatic hydroxyl groups excluding tert-OH is 1. The van der Waals surface area contributed by atoms with E-state index in [0.29, 0.717) is 42.7 Å². The molecule has 7 rings (SSSR count). The van der Waals surface area contributed by atoms with E-state index >= 15 is 0 Å². The van der Waals surface area contributed by atoms with Gasteiger partial charge in [-0.3, -0.25) is 9.59 Å². The molecule has 0 saturated heterocycles. The molecular weight excluding hydrogens is 516 g/mol. The van der Waals surface area contributed by atoms with Crippen LogP contribution in [0, 0.1) is 28.6 Å². The minimum absolute atomic E-state index is 0.0140. The molecule has 8 nitrogen and oxygen atoms in total. The number of nitrogens with zero attached hydrogens (tertiary/aromatic N) is 1. The van der Waals surface area contributed by atoms with Crippen LogP contribution in [-0.4, -0.2) is 62.4 Å². The van der Waals surface area contributed by atoms with Crippen molar-refractivity contribution in [2.45, 2.75) is 62.8 Å². The van der Waals surface area contributed by atoms with E-state index in [0.717, 1.165) is 35.9 Å². The number of aromatic nitrogens is 2. The van der Waals surface area contributed by atoms with E-state index in [1.165, 1.54) is 11.8 Å². The highest BCUT2D eigenvalue weighted by Gasteiger charge is 2.68. The van der Waals surface area contributed by atoms with Crippen LogP contribution >= 0.6 is 11.8 Å². The first-order valence-electron chi connectivity index (χ1n) is 13.9. The molecule has 0 spiro atoms. The number of aromatic amines is 1. The smallest absolute Gasteiger partial charge is 0.178 e. The number of H-pyrrole nitrogens is 1. The molecule has 0 radical (unpaired) electrons. The maximum Gasteiger partial charge on any atom is 0.178 e. The van der Waals surface area contributed by atoms with Crippen molar-refractivity contribution in [3.8, 4) is 11.5 Å². The number of Topliss-reactive ketones (excluding diaryl/α,β-unsaturated/α-hetero) is 1. The SMILES string of the molecule is CC12C=CC(=O)C=C1CCC1C2C(O)CC2(C)C1CC[C@]2(O)C(=O)CSc1nc2cc3c(cc2[nH]1)OCCO3. The van der Waals surface area contributed by atoms with E-state index in [2.05, 4.69) is 16.9 Å². The summed E-state index contributed by atoms with van der Waals surface area (Å²) in [6.07, 6.45) is 7.88. The van der Waals surface area contributed by atoms with Gasteiger partial charge < -0.3 is 24.7 Å². The van der Waals surface area contributed by atoms with Crippen LogP contribution in [0.4, 0.5) is 0 Å². The molecule has 39 heavy (non-hydrogen) atoms. The van der Waals surface area contributed by atoms with Gasteiger partial charge in [0.1, 0.15) is 18.8 Å². The summed E-state index contributed by atoms with van der Waals surface area (Å²) in [6.45, 7) is 5.15. The van der Waals surface area contributed by atoms with Crippen molar-refractivity contribution in [3.63, 3.8) is 0 Å². The summed E-state index contributed by atoms with van der Waals surface area (Å²) in [4.78, 5) is 33.7. The molecule has 0 bridgehead atoms. The number of allylic oxidation sites excluding steroid dienone is 4.